The summed E-state index contributed by atoms with van der Waals surface area (Å²) in [5, 5.41) is 12.8. The van der Waals surface area contributed by atoms with Crippen LogP contribution in [-0.2, 0) is 4.74 Å². The predicted molar refractivity (Wildman–Crippen MR) is 77.3 cm³/mol. The summed E-state index contributed by atoms with van der Waals surface area (Å²) in [6.45, 7) is 4.96. The van der Waals surface area contributed by atoms with Gasteiger partial charge in [-0.3, -0.25) is 0 Å². The monoisotopic (exact) mass is 263 g/mol. The molecule has 2 N–H and O–H groups in total. The molecule has 1 aromatic carbocycles. The molecule has 0 heterocycles. The molecule has 1 saturated carbocycles. The van der Waals surface area contributed by atoms with Crippen molar-refractivity contribution in [2.24, 2.45) is 5.92 Å². The molecule has 1 aliphatic rings. The lowest BCUT2D eigenvalue weighted by molar-refractivity contribution is 0.121. The molecule has 0 bridgehead atoms. The van der Waals surface area contributed by atoms with Crippen molar-refractivity contribution in [1.82, 2.24) is 5.32 Å². The van der Waals surface area contributed by atoms with Gasteiger partial charge in [0, 0.05) is 19.3 Å². The molecule has 1 aromatic rings. The Hall–Kier alpha value is -1.06. The highest BCUT2D eigenvalue weighted by Gasteiger charge is 2.20. The molecule has 0 aromatic heterocycles. The fourth-order valence-corrected chi connectivity index (χ4v) is 2.19. The molecule has 19 heavy (non-hydrogen) atoms. The molecule has 0 aliphatic heterocycles. The highest BCUT2D eigenvalue weighted by molar-refractivity contribution is 5.27. The number of benzene rings is 1. The third kappa shape index (κ3) is 5.21. The van der Waals surface area contributed by atoms with Crippen LogP contribution in [0, 0.1) is 5.92 Å². The smallest absolute Gasteiger partial charge is 0.115 e. The summed E-state index contributed by atoms with van der Waals surface area (Å²) in [6.07, 6.45) is 4.82. The Kier molecular flexibility index (Phi) is 5.67. The predicted octanol–water partition coefficient (Wildman–Crippen LogP) is 3.25. The van der Waals surface area contributed by atoms with Crippen molar-refractivity contribution in [3.8, 4) is 5.75 Å². The zero-order chi connectivity index (χ0) is 13.5. The molecule has 1 fully saturated rings. The number of hydrogen-bond donors (Lipinski definition) is 2. The summed E-state index contributed by atoms with van der Waals surface area (Å²) < 4.78 is 5.62. The van der Waals surface area contributed by atoms with Gasteiger partial charge in [0.25, 0.3) is 0 Å². The van der Waals surface area contributed by atoms with Crippen LogP contribution >= 0.6 is 0 Å². The van der Waals surface area contributed by atoms with Gasteiger partial charge < -0.3 is 15.2 Å². The second-order valence-corrected chi connectivity index (χ2v) is 5.38. The minimum Gasteiger partial charge on any atom is -0.508 e. The summed E-state index contributed by atoms with van der Waals surface area (Å²) in [5.41, 5.74) is 1.24. The Morgan fingerprint density at radius 2 is 2.05 bits per heavy atom. The normalized spacial score (nSPS) is 16.5. The van der Waals surface area contributed by atoms with E-state index in [1.165, 1.54) is 18.4 Å². The number of aromatic hydroxyl groups is 1. The number of rotatable bonds is 9. The number of phenols is 1. The SMILES string of the molecule is CCC(NCCCOCC1CC1)c1ccc(O)cc1. The van der Waals surface area contributed by atoms with E-state index < -0.39 is 0 Å². The molecule has 106 valence electrons. The standard InChI is InChI=1S/C16H25NO2/c1-2-16(14-6-8-15(18)9-7-14)17-10-3-11-19-12-13-4-5-13/h6-9,13,16-18H,2-5,10-12H2,1H3. The summed E-state index contributed by atoms with van der Waals surface area (Å²) in [6, 6.07) is 7.83. The zero-order valence-corrected chi connectivity index (χ0v) is 11.8. The highest BCUT2D eigenvalue weighted by atomic mass is 16.5. The van der Waals surface area contributed by atoms with Gasteiger partial charge >= 0.3 is 0 Å². The lowest BCUT2D eigenvalue weighted by Crippen LogP contribution is -2.22. The van der Waals surface area contributed by atoms with E-state index in [-0.39, 0.29) is 0 Å². The molecule has 3 nitrogen and oxygen atoms in total. The zero-order valence-electron chi connectivity index (χ0n) is 11.8. The van der Waals surface area contributed by atoms with Crippen molar-refractivity contribution < 1.29 is 9.84 Å². The molecule has 1 aliphatic carbocycles. The first kappa shape index (κ1) is 14.4. The largest absolute Gasteiger partial charge is 0.508 e. The van der Waals surface area contributed by atoms with Gasteiger partial charge in [-0.05, 0) is 55.8 Å². The van der Waals surface area contributed by atoms with Crippen molar-refractivity contribution in [3.63, 3.8) is 0 Å². The van der Waals surface area contributed by atoms with Gasteiger partial charge in [0.05, 0.1) is 0 Å². The van der Waals surface area contributed by atoms with Crippen molar-refractivity contribution in [3.05, 3.63) is 29.8 Å². The topological polar surface area (TPSA) is 41.5 Å². The summed E-state index contributed by atoms with van der Waals surface area (Å²) in [4.78, 5) is 0. The van der Waals surface area contributed by atoms with Crippen LogP contribution in [0.4, 0.5) is 0 Å². The van der Waals surface area contributed by atoms with E-state index in [9.17, 15) is 5.11 Å². The van der Waals surface area contributed by atoms with Crippen molar-refractivity contribution >= 4 is 0 Å². The number of phenolic OH excluding ortho intramolecular Hbond substituents is 1. The fourth-order valence-electron chi connectivity index (χ4n) is 2.19. The van der Waals surface area contributed by atoms with E-state index in [1.807, 2.05) is 12.1 Å². The molecule has 3 heteroatoms. The van der Waals surface area contributed by atoms with Crippen molar-refractivity contribution in [1.29, 1.82) is 0 Å². The first-order valence-electron chi connectivity index (χ1n) is 7.39. The quantitative estimate of drug-likeness (QED) is 0.672. The Labute approximate surface area is 116 Å². The Bertz CT molecular complexity index is 360. The molecule has 0 radical (unpaired) electrons. The Morgan fingerprint density at radius 1 is 1.32 bits per heavy atom. The van der Waals surface area contributed by atoms with Gasteiger partial charge in [-0.15, -0.1) is 0 Å². The van der Waals surface area contributed by atoms with Gasteiger partial charge in [-0.1, -0.05) is 19.1 Å². The van der Waals surface area contributed by atoms with Gasteiger partial charge in [0.15, 0.2) is 0 Å². The van der Waals surface area contributed by atoms with Gasteiger partial charge in [-0.2, -0.15) is 0 Å². The maximum absolute atomic E-state index is 9.30. The average Bonchev–Trinajstić information content (AvgIpc) is 3.24. The van der Waals surface area contributed by atoms with Crippen LogP contribution in [0.3, 0.4) is 0 Å². The van der Waals surface area contributed by atoms with Crippen LogP contribution in [0.2, 0.25) is 0 Å². The summed E-state index contributed by atoms with van der Waals surface area (Å²) in [5.74, 6) is 1.18. The molecule has 1 atom stereocenters. The minimum absolute atomic E-state index is 0.326. The number of ether oxygens (including phenoxy) is 1. The van der Waals surface area contributed by atoms with Crippen molar-refractivity contribution in [2.75, 3.05) is 19.8 Å². The van der Waals surface area contributed by atoms with Gasteiger partial charge in [-0.25, -0.2) is 0 Å². The molecule has 1 unspecified atom stereocenters. The molecule has 0 saturated heterocycles. The summed E-state index contributed by atoms with van der Waals surface area (Å²) >= 11 is 0. The lowest BCUT2D eigenvalue weighted by atomic mass is 10.0. The lowest BCUT2D eigenvalue weighted by Gasteiger charge is -2.17. The van der Waals surface area contributed by atoms with E-state index >= 15 is 0 Å². The first-order chi connectivity index (χ1) is 9.29. The molecule has 2 rings (SSSR count). The molecule has 0 amide bonds. The highest BCUT2D eigenvalue weighted by Crippen LogP contribution is 2.28. The van der Waals surface area contributed by atoms with E-state index in [1.54, 1.807) is 12.1 Å². The number of nitrogens with one attached hydrogen (secondary N) is 1. The van der Waals surface area contributed by atoms with Crippen molar-refractivity contribution in [2.45, 2.75) is 38.6 Å². The molecule has 0 spiro atoms. The van der Waals surface area contributed by atoms with Crippen LogP contribution in [-0.4, -0.2) is 24.9 Å². The Morgan fingerprint density at radius 3 is 2.68 bits per heavy atom. The van der Waals surface area contributed by atoms with E-state index in [4.69, 9.17) is 4.74 Å². The third-order valence-electron chi connectivity index (χ3n) is 3.61. The maximum atomic E-state index is 9.30. The maximum Gasteiger partial charge on any atom is 0.115 e. The first-order valence-corrected chi connectivity index (χ1v) is 7.39. The Balaban J connectivity index is 1.62. The van der Waals surface area contributed by atoms with E-state index in [0.29, 0.717) is 11.8 Å². The van der Waals surface area contributed by atoms with Crippen LogP contribution in [0.25, 0.3) is 0 Å². The van der Waals surface area contributed by atoms with Crippen LogP contribution in [0.15, 0.2) is 24.3 Å². The molecular weight excluding hydrogens is 238 g/mol. The minimum atomic E-state index is 0.326. The average molecular weight is 263 g/mol. The number of hydrogen-bond acceptors (Lipinski definition) is 3. The molecular formula is C16H25NO2. The van der Waals surface area contributed by atoms with Crippen LogP contribution < -0.4 is 5.32 Å². The van der Waals surface area contributed by atoms with E-state index in [2.05, 4.69) is 12.2 Å². The van der Waals surface area contributed by atoms with E-state index in [0.717, 1.165) is 38.5 Å². The third-order valence-corrected chi connectivity index (χ3v) is 3.61. The second-order valence-electron chi connectivity index (χ2n) is 5.38. The second kappa shape index (κ2) is 7.51. The summed E-state index contributed by atoms with van der Waals surface area (Å²) in [7, 11) is 0. The van der Waals surface area contributed by atoms with Gasteiger partial charge in [0.1, 0.15) is 5.75 Å². The fraction of sp³-hybridized carbons (Fsp3) is 0.625. The van der Waals surface area contributed by atoms with Crippen LogP contribution in [0.5, 0.6) is 5.75 Å². The van der Waals surface area contributed by atoms with Crippen LogP contribution in [0.1, 0.15) is 44.2 Å². The van der Waals surface area contributed by atoms with Gasteiger partial charge in [0.2, 0.25) is 0 Å².